The molecule has 0 radical (unpaired) electrons. The summed E-state index contributed by atoms with van der Waals surface area (Å²) in [5, 5.41) is 21.1. The number of aliphatic hydroxyl groups is 2. The van der Waals surface area contributed by atoms with E-state index in [0.717, 1.165) is 17.0 Å². The SMILES string of the molecule is OCc1ccc(CNc2cnccc2CO)o1. The first-order chi connectivity index (χ1) is 8.33. The van der Waals surface area contributed by atoms with E-state index in [9.17, 15) is 0 Å². The highest BCUT2D eigenvalue weighted by atomic mass is 16.4. The molecule has 0 aliphatic rings. The lowest BCUT2D eigenvalue weighted by molar-refractivity contribution is 0.244. The molecule has 2 aromatic heterocycles. The van der Waals surface area contributed by atoms with Gasteiger partial charge < -0.3 is 19.9 Å². The number of anilines is 1. The fourth-order valence-electron chi connectivity index (χ4n) is 1.50. The summed E-state index contributed by atoms with van der Waals surface area (Å²) in [6.07, 6.45) is 3.29. The van der Waals surface area contributed by atoms with Crippen LogP contribution in [0, 0.1) is 0 Å². The van der Waals surface area contributed by atoms with Crippen molar-refractivity contribution in [2.75, 3.05) is 5.32 Å². The molecule has 0 aromatic carbocycles. The van der Waals surface area contributed by atoms with Gasteiger partial charge in [-0.05, 0) is 18.2 Å². The molecule has 0 saturated carbocycles. The van der Waals surface area contributed by atoms with Crippen molar-refractivity contribution in [3.63, 3.8) is 0 Å². The lowest BCUT2D eigenvalue weighted by atomic mass is 10.2. The third kappa shape index (κ3) is 2.83. The van der Waals surface area contributed by atoms with Crippen LogP contribution in [0.1, 0.15) is 17.1 Å². The van der Waals surface area contributed by atoms with Crippen LogP contribution in [-0.2, 0) is 19.8 Å². The number of aromatic nitrogens is 1. The van der Waals surface area contributed by atoms with Gasteiger partial charge in [0, 0.05) is 11.8 Å². The van der Waals surface area contributed by atoms with Crippen LogP contribution in [0.4, 0.5) is 5.69 Å². The number of pyridine rings is 1. The van der Waals surface area contributed by atoms with E-state index in [2.05, 4.69) is 10.3 Å². The van der Waals surface area contributed by atoms with E-state index in [0.29, 0.717) is 12.3 Å². The molecule has 2 rings (SSSR count). The first kappa shape index (κ1) is 11.6. The molecule has 2 heterocycles. The second-order valence-electron chi connectivity index (χ2n) is 3.57. The van der Waals surface area contributed by atoms with Gasteiger partial charge in [0.25, 0.3) is 0 Å². The Labute approximate surface area is 98.7 Å². The van der Waals surface area contributed by atoms with Gasteiger partial charge in [-0.15, -0.1) is 0 Å². The maximum atomic E-state index is 9.13. The molecule has 0 unspecified atom stereocenters. The average molecular weight is 234 g/mol. The molecule has 90 valence electrons. The number of nitrogens with zero attached hydrogens (tertiary/aromatic N) is 1. The summed E-state index contributed by atoms with van der Waals surface area (Å²) < 4.78 is 5.33. The standard InChI is InChI=1S/C12H14N2O3/c15-7-9-3-4-13-6-12(9)14-5-10-1-2-11(8-16)17-10/h1-4,6,14-16H,5,7-8H2. The lowest BCUT2D eigenvalue weighted by Gasteiger charge is -2.08. The highest BCUT2D eigenvalue weighted by molar-refractivity contribution is 5.48. The minimum atomic E-state index is -0.102. The Morgan fingerprint density at radius 2 is 1.94 bits per heavy atom. The first-order valence-corrected chi connectivity index (χ1v) is 5.29. The molecule has 17 heavy (non-hydrogen) atoms. The molecule has 0 aliphatic carbocycles. The van der Waals surface area contributed by atoms with Crippen molar-refractivity contribution in [3.8, 4) is 0 Å². The second kappa shape index (κ2) is 5.47. The summed E-state index contributed by atoms with van der Waals surface area (Å²) in [6.45, 7) is 0.346. The molecule has 5 nitrogen and oxygen atoms in total. The highest BCUT2D eigenvalue weighted by Crippen LogP contribution is 2.15. The zero-order chi connectivity index (χ0) is 12.1. The summed E-state index contributed by atoms with van der Waals surface area (Å²) in [5.41, 5.74) is 1.56. The number of aliphatic hydroxyl groups excluding tert-OH is 2. The molecule has 2 aromatic rings. The minimum Gasteiger partial charge on any atom is -0.462 e. The van der Waals surface area contributed by atoms with E-state index in [1.165, 1.54) is 0 Å². The van der Waals surface area contributed by atoms with Gasteiger partial charge in [0.15, 0.2) is 0 Å². The summed E-state index contributed by atoms with van der Waals surface area (Å²) in [6, 6.07) is 5.28. The largest absolute Gasteiger partial charge is 0.462 e. The molecule has 0 atom stereocenters. The van der Waals surface area contributed by atoms with Gasteiger partial charge in [-0.25, -0.2) is 0 Å². The number of furan rings is 1. The van der Waals surface area contributed by atoms with Crippen molar-refractivity contribution in [3.05, 3.63) is 47.7 Å². The molecule has 5 heteroatoms. The van der Waals surface area contributed by atoms with Gasteiger partial charge in [0.05, 0.1) is 25.0 Å². The Morgan fingerprint density at radius 1 is 1.12 bits per heavy atom. The third-order valence-corrected chi connectivity index (χ3v) is 2.41. The fourth-order valence-corrected chi connectivity index (χ4v) is 1.50. The smallest absolute Gasteiger partial charge is 0.129 e. The summed E-state index contributed by atoms with van der Waals surface area (Å²) >= 11 is 0. The van der Waals surface area contributed by atoms with E-state index in [1.54, 1.807) is 30.6 Å². The number of hydrogen-bond donors (Lipinski definition) is 3. The van der Waals surface area contributed by atoms with Crippen LogP contribution < -0.4 is 5.32 Å². The van der Waals surface area contributed by atoms with E-state index in [-0.39, 0.29) is 13.2 Å². The summed E-state index contributed by atoms with van der Waals surface area (Å²) in [7, 11) is 0. The number of nitrogens with one attached hydrogen (secondary N) is 1. The summed E-state index contributed by atoms with van der Waals surface area (Å²) in [4.78, 5) is 3.98. The molecule has 0 aliphatic heterocycles. The van der Waals surface area contributed by atoms with Crippen molar-refractivity contribution in [1.29, 1.82) is 0 Å². The lowest BCUT2D eigenvalue weighted by Crippen LogP contribution is -2.02. The second-order valence-corrected chi connectivity index (χ2v) is 3.57. The van der Waals surface area contributed by atoms with Crippen LogP contribution in [-0.4, -0.2) is 15.2 Å². The maximum Gasteiger partial charge on any atom is 0.129 e. The Hall–Kier alpha value is -1.85. The van der Waals surface area contributed by atoms with E-state index >= 15 is 0 Å². The molecular formula is C12H14N2O3. The van der Waals surface area contributed by atoms with Crippen LogP contribution in [0.3, 0.4) is 0 Å². The van der Waals surface area contributed by atoms with E-state index < -0.39 is 0 Å². The van der Waals surface area contributed by atoms with Crippen LogP contribution in [0.2, 0.25) is 0 Å². The van der Waals surface area contributed by atoms with Crippen molar-refractivity contribution >= 4 is 5.69 Å². The molecule has 3 N–H and O–H groups in total. The Kier molecular flexibility index (Phi) is 3.74. The Morgan fingerprint density at radius 3 is 2.65 bits per heavy atom. The van der Waals surface area contributed by atoms with Gasteiger partial charge in [-0.2, -0.15) is 0 Å². The Bertz CT molecular complexity index is 482. The normalized spacial score (nSPS) is 10.5. The molecule has 0 bridgehead atoms. The van der Waals surface area contributed by atoms with E-state index in [4.69, 9.17) is 14.6 Å². The Balaban J connectivity index is 2.01. The zero-order valence-corrected chi connectivity index (χ0v) is 9.26. The quantitative estimate of drug-likeness (QED) is 0.726. The van der Waals surface area contributed by atoms with Gasteiger partial charge in [0.2, 0.25) is 0 Å². The predicted octanol–water partition coefficient (Wildman–Crippen LogP) is 1.27. The monoisotopic (exact) mass is 234 g/mol. The van der Waals surface area contributed by atoms with Gasteiger partial charge in [-0.1, -0.05) is 0 Å². The van der Waals surface area contributed by atoms with Crippen LogP contribution in [0.15, 0.2) is 35.0 Å². The number of rotatable bonds is 5. The minimum absolute atomic E-state index is 0.0368. The van der Waals surface area contributed by atoms with E-state index in [1.807, 2.05) is 0 Å². The number of hydrogen-bond acceptors (Lipinski definition) is 5. The fraction of sp³-hybridized carbons (Fsp3) is 0.250. The molecule has 0 fully saturated rings. The summed E-state index contributed by atoms with van der Waals surface area (Å²) in [5.74, 6) is 1.26. The van der Waals surface area contributed by atoms with Crippen LogP contribution >= 0.6 is 0 Å². The van der Waals surface area contributed by atoms with Crippen LogP contribution in [0.25, 0.3) is 0 Å². The van der Waals surface area contributed by atoms with Crippen molar-refractivity contribution in [1.82, 2.24) is 4.98 Å². The molecule has 0 saturated heterocycles. The van der Waals surface area contributed by atoms with Gasteiger partial charge in [0.1, 0.15) is 18.1 Å². The van der Waals surface area contributed by atoms with Crippen molar-refractivity contribution in [2.24, 2.45) is 0 Å². The molecule has 0 amide bonds. The van der Waals surface area contributed by atoms with Gasteiger partial charge in [-0.3, -0.25) is 4.98 Å². The van der Waals surface area contributed by atoms with Crippen molar-refractivity contribution < 1.29 is 14.6 Å². The van der Waals surface area contributed by atoms with Gasteiger partial charge >= 0.3 is 0 Å². The molecule has 0 spiro atoms. The topological polar surface area (TPSA) is 78.5 Å². The maximum absolute atomic E-state index is 9.13. The van der Waals surface area contributed by atoms with Crippen LogP contribution in [0.5, 0.6) is 0 Å². The predicted molar refractivity (Wildman–Crippen MR) is 62.1 cm³/mol. The highest BCUT2D eigenvalue weighted by Gasteiger charge is 2.03. The third-order valence-electron chi connectivity index (χ3n) is 2.41. The zero-order valence-electron chi connectivity index (χ0n) is 9.26. The first-order valence-electron chi connectivity index (χ1n) is 5.29. The average Bonchev–Trinajstić information content (AvgIpc) is 2.84. The van der Waals surface area contributed by atoms with Crippen molar-refractivity contribution in [2.45, 2.75) is 19.8 Å². The molecular weight excluding hydrogens is 220 g/mol.